The summed E-state index contributed by atoms with van der Waals surface area (Å²) in [4.78, 5) is 67.8. The van der Waals surface area contributed by atoms with Gasteiger partial charge in [0.05, 0.1) is 16.6 Å². The molecule has 268 valence electrons. The van der Waals surface area contributed by atoms with E-state index in [9.17, 15) is 19.2 Å². The first-order valence-electron chi connectivity index (χ1n) is 14.6. The van der Waals surface area contributed by atoms with Gasteiger partial charge in [-0.2, -0.15) is 0 Å². The van der Waals surface area contributed by atoms with Gasteiger partial charge in [-0.25, -0.2) is 15.0 Å². The van der Waals surface area contributed by atoms with Crippen LogP contribution >= 0.6 is 47.3 Å². The van der Waals surface area contributed by atoms with Crippen molar-refractivity contribution in [2.24, 2.45) is 21.0 Å². The van der Waals surface area contributed by atoms with Crippen molar-refractivity contribution in [2.75, 3.05) is 51.5 Å². The number of aliphatic imine (C=N–C) groups is 1. The number of hydrogen-bond donors (Lipinski definition) is 3. The number of nitrogen functional groups attached to an aromatic ring is 1. The molecule has 4 aliphatic heterocycles. The summed E-state index contributed by atoms with van der Waals surface area (Å²) in [7, 11) is 2.87. The zero-order chi connectivity index (χ0) is 34.8. The predicted molar refractivity (Wildman–Crippen MR) is 187 cm³/mol. The van der Waals surface area contributed by atoms with Gasteiger partial charge in [0, 0.05) is 36.3 Å². The number of carbonyl (C=O) groups excluding carboxylic acids is 4. The summed E-state index contributed by atoms with van der Waals surface area (Å²) in [5.41, 5.74) is 7.79. The Hall–Kier alpha value is -3.56. The summed E-state index contributed by atoms with van der Waals surface area (Å²) >= 11 is 3.86. The van der Waals surface area contributed by atoms with Gasteiger partial charge >= 0.3 is 11.9 Å². The van der Waals surface area contributed by atoms with Crippen LogP contribution in [0.5, 0.6) is 0 Å². The molecule has 2 unspecified atom stereocenters. The first-order valence-corrected chi connectivity index (χ1v) is 17.5. The second kappa shape index (κ2) is 15.5. The van der Waals surface area contributed by atoms with E-state index in [0.717, 1.165) is 22.1 Å². The van der Waals surface area contributed by atoms with Crippen LogP contribution in [0.15, 0.2) is 38.7 Å². The minimum absolute atomic E-state index is 0. The van der Waals surface area contributed by atoms with E-state index >= 15 is 0 Å². The molecule has 0 spiro atoms. The number of carbonyl (C=O) groups is 4. The number of thiazole rings is 1. The number of β-lactam (4-membered cyclic amide) rings is 1. The van der Waals surface area contributed by atoms with Crippen LogP contribution in [-0.2, 0) is 38.2 Å². The molecule has 5 heterocycles. The first-order chi connectivity index (χ1) is 22.8. The Labute approximate surface area is 301 Å². The number of oxime groups is 1. The highest BCUT2D eigenvalue weighted by Crippen LogP contribution is 2.46. The monoisotopic (exact) mass is 759 g/mol. The molecule has 0 radical (unpaired) electrons. The minimum atomic E-state index is -1.19. The molecule has 0 aromatic carbocycles. The smallest absolute Gasteiger partial charge is 0.318 e. The molecular formula is C28H38ClN9O8S3. The SMILES string of the molecule is COCN1C=C2N=C(C)C=C(SCC3(C(=O)OCOC(=O)C(C)(C)C)CS[C@@H]4C(NC(=O)C(=NOC)c5csc(N)n5)C(=O)N4C3)N2N1.Cl. The number of rotatable bonds is 12. The summed E-state index contributed by atoms with van der Waals surface area (Å²) in [6.45, 7) is 6.68. The predicted octanol–water partition coefficient (Wildman–Crippen LogP) is 1.46. The number of esters is 2. The maximum absolute atomic E-state index is 13.8. The Bertz CT molecular complexity index is 1600. The number of thioether (sulfide) groups is 2. The van der Waals surface area contributed by atoms with Crippen molar-refractivity contribution in [3.63, 3.8) is 0 Å². The van der Waals surface area contributed by atoms with Crippen LogP contribution in [0.1, 0.15) is 33.4 Å². The lowest BCUT2D eigenvalue weighted by Gasteiger charge is -2.54. The molecule has 1 aromatic rings. The quantitative estimate of drug-likeness (QED) is 0.0908. The van der Waals surface area contributed by atoms with Crippen LogP contribution in [0.3, 0.4) is 0 Å². The topological polar surface area (TPSA) is 203 Å². The number of ether oxygens (including phenoxy) is 3. The van der Waals surface area contributed by atoms with E-state index in [-0.39, 0.29) is 59.6 Å². The number of methoxy groups -OCH3 is 1. The van der Waals surface area contributed by atoms with Crippen LogP contribution in [0.25, 0.3) is 0 Å². The molecule has 2 amide bonds. The standard InChI is InChI=1S/C28H37N9O8S3.ClH/c1-15-7-18(37-17(30-15)8-35(34-37)13-42-5)47-11-28(25(41)45-14-44-24(40)27(2,3)4)10-36-22(39)20(23(36)48-12-28)32-21(38)19(33-43-6)16-9-46-26(29)31-16;/h7-9,20,23,34H,10-14H2,1-6H3,(H2,29,31)(H,32,38);1H/t20?,23-,28?;/m1./s1. The molecule has 3 atom stereocenters. The highest BCUT2D eigenvalue weighted by molar-refractivity contribution is 8.03. The Balaban J connectivity index is 0.00000541. The molecule has 5 rings (SSSR count). The van der Waals surface area contributed by atoms with Gasteiger partial charge in [0.15, 0.2) is 16.7 Å². The van der Waals surface area contributed by atoms with E-state index in [0.29, 0.717) is 5.82 Å². The summed E-state index contributed by atoms with van der Waals surface area (Å²) in [6, 6.07) is -0.872. The lowest BCUT2D eigenvalue weighted by molar-refractivity contribution is -0.180. The van der Waals surface area contributed by atoms with E-state index < -0.39 is 46.9 Å². The third kappa shape index (κ3) is 8.26. The van der Waals surface area contributed by atoms with Crippen molar-refractivity contribution in [3.8, 4) is 0 Å². The van der Waals surface area contributed by atoms with Gasteiger partial charge in [-0.15, -0.1) is 52.8 Å². The van der Waals surface area contributed by atoms with Crippen LogP contribution in [0.2, 0.25) is 0 Å². The number of halogens is 1. The minimum Gasteiger partial charge on any atom is -0.427 e. The van der Waals surface area contributed by atoms with Crippen molar-refractivity contribution in [2.45, 2.75) is 39.1 Å². The fraction of sp³-hybridized carbons (Fsp3) is 0.536. The highest BCUT2D eigenvalue weighted by Gasteiger charge is 2.58. The highest BCUT2D eigenvalue weighted by atomic mass is 35.5. The van der Waals surface area contributed by atoms with Crippen LogP contribution < -0.4 is 16.6 Å². The Morgan fingerprint density at radius 1 is 1.27 bits per heavy atom. The lowest BCUT2D eigenvalue weighted by Crippen LogP contribution is -2.74. The number of nitrogens with two attached hydrogens (primary N) is 1. The van der Waals surface area contributed by atoms with E-state index in [1.54, 1.807) is 49.5 Å². The molecule has 0 bridgehead atoms. The summed E-state index contributed by atoms with van der Waals surface area (Å²) < 4.78 is 16.0. The van der Waals surface area contributed by atoms with Gasteiger partial charge in [0.2, 0.25) is 12.7 Å². The second-order valence-corrected chi connectivity index (χ2v) is 15.1. The summed E-state index contributed by atoms with van der Waals surface area (Å²) in [5.74, 6) is -1.06. The largest absolute Gasteiger partial charge is 0.427 e. The number of nitrogens with one attached hydrogen (secondary N) is 2. The molecule has 2 saturated heterocycles. The van der Waals surface area contributed by atoms with Crippen molar-refractivity contribution in [3.05, 3.63) is 34.2 Å². The lowest BCUT2D eigenvalue weighted by atomic mass is 9.89. The zero-order valence-corrected chi connectivity index (χ0v) is 30.8. The molecule has 2 fully saturated rings. The van der Waals surface area contributed by atoms with Crippen LogP contribution in [-0.4, -0.2) is 112 Å². The van der Waals surface area contributed by atoms with Crippen molar-refractivity contribution in [1.82, 2.24) is 30.8 Å². The average Bonchev–Trinajstić information content (AvgIpc) is 3.65. The maximum atomic E-state index is 13.8. The van der Waals surface area contributed by atoms with E-state index in [4.69, 9.17) is 24.8 Å². The van der Waals surface area contributed by atoms with E-state index in [1.165, 1.54) is 35.5 Å². The van der Waals surface area contributed by atoms with E-state index in [1.807, 2.05) is 13.0 Å². The Morgan fingerprint density at radius 3 is 2.67 bits per heavy atom. The fourth-order valence-electron chi connectivity index (χ4n) is 4.93. The van der Waals surface area contributed by atoms with Crippen LogP contribution in [0.4, 0.5) is 5.13 Å². The van der Waals surface area contributed by atoms with Crippen molar-refractivity contribution < 1.29 is 38.2 Å². The molecule has 0 saturated carbocycles. The molecule has 21 heteroatoms. The summed E-state index contributed by atoms with van der Waals surface area (Å²) in [6.07, 6.45) is 3.68. The number of amides is 2. The van der Waals surface area contributed by atoms with E-state index in [2.05, 4.69) is 26.0 Å². The molecule has 49 heavy (non-hydrogen) atoms. The normalized spacial score (nSPS) is 23.2. The first kappa shape index (κ1) is 38.2. The molecule has 17 nitrogen and oxygen atoms in total. The van der Waals surface area contributed by atoms with Crippen LogP contribution in [0, 0.1) is 10.8 Å². The number of anilines is 1. The Morgan fingerprint density at radius 2 is 2.02 bits per heavy atom. The zero-order valence-electron chi connectivity index (χ0n) is 27.6. The number of allylic oxidation sites excluding steroid dienone is 1. The second-order valence-electron chi connectivity index (χ2n) is 12.2. The number of hydrazine groups is 2. The number of nitrogens with zero attached hydrogens (tertiary/aromatic N) is 6. The van der Waals surface area contributed by atoms with Gasteiger partial charge in [-0.1, -0.05) is 5.16 Å². The van der Waals surface area contributed by atoms with Gasteiger partial charge in [0.25, 0.3) is 5.91 Å². The van der Waals surface area contributed by atoms with Crippen molar-refractivity contribution >= 4 is 87.6 Å². The molecule has 0 aliphatic carbocycles. The Kier molecular flexibility index (Phi) is 12.1. The number of aromatic nitrogens is 1. The van der Waals surface area contributed by atoms with Gasteiger partial charge in [-0.05, 0) is 33.8 Å². The molecule has 4 aliphatic rings. The molecule has 1 aromatic heterocycles. The number of hydrogen-bond acceptors (Lipinski definition) is 18. The van der Waals surface area contributed by atoms with Gasteiger partial charge < -0.3 is 35.0 Å². The maximum Gasteiger partial charge on any atom is 0.318 e. The average molecular weight is 760 g/mol. The number of fused-ring (bicyclic) bond motifs is 2. The third-order valence-electron chi connectivity index (χ3n) is 7.36. The third-order valence-corrected chi connectivity index (χ3v) is 10.9. The fourth-order valence-corrected chi connectivity index (χ4v) is 8.40. The van der Waals surface area contributed by atoms with Gasteiger partial charge in [-0.3, -0.25) is 24.2 Å². The summed E-state index contributed by atoms with van der Waals surface area (Å²) in [5, 5.41) is 12.1. The van der Waals surface area contributed by atoms with Crippen molar-refractivity contribution in [1.29, 1.82) is 0 Å². The van der Waals surface area contributed by atoms with Gasteiger partial charge in [0.1, 0.15) is 36.4 Å². The molecular weight excluding hydrogens is 722 g/mol. The molecule has 4 N–H and O–H groups in total.